The molecule has 0 radical (unpaired) electrons. The van der Waals surface area contributed by atoms with Gasteiger partial charge in [0.25, 0.3) is 0 Å². The van der Waals surface area contributed by atoms with E-state index in [4.69, 9.17) is 4.74 Å². The molecule has 1 aromatic heterocycles. The van der Waals surface area contributed by atoms with Crippen LogP contribution >= 0.6 is 0 Å². The topological polar surface area (TPSA) is 14.2 Å². The van der Waals surface area contributed by atoms with E-state index in [9.17, 15) is 0 Å². The van der Waals surface area contributed by atoms with Crippen molar-refractivity contribution < 1.29 is 4.74 Å². The Labute approximate surface area is 231 Å². The molecule has 0 saturated heterocycles. The molecule has 0 atom stereocenters. The lowest BCUT2D eigenvalue weighted by atomic mass is 9.90. The van der Waals surface area contributed by atoms with Gasteiger partial charge in [0.1, 0.15) is 11.5 Å². The first kappa shape index (κ1) is 21.6. The molecule has 0 amide bonds. The number of rotatable bonds is 2. The molecule has 1 aliphatic rings. The minimum Gasteiger partial charge on any atom is -0.456 e. The lowest BCUT2D eigenvalue weighted by Crippen LogP contribution is -1.97. The molecule has 0 aliphatic carbocycles. The predicted octanol–water partition coefficient (Wildman–Crippen LogP) is 10.5. The maximum Gasteiger partial charge on any atom is 0.135 e. The van der Waals surface area contributed by atoms with Gasteiger partial charge in [0.2, 0.25) is 0 Å². The summed E-state index contributed by atoms with van der Waals surface area (Å²) in [5.74, 6) is 1.83. The molecule has 0 saturated carbocycles. The fourth-order valence-electron chi connectivity index (χ4n) is 6.64. The Balaban J connectivity index is 1.23. The van der Waals surface area contributed by atoms with Gasteiger partial charge in [-0.05, 0) is 69.2 Å². The van der Waals surface area contributed by atoms with E-state index in [-0.39, 0.29) is 0 Å². The average Bonchev–Trinajstić information content (AvgIpc) is 3.36. The van der Waals surface area contributed by atoms with E-state index in [0.29, 0.717) is 0 Å². The number of aromatic nitrogens is 1. The Morgan fingerprint density at radius 2 is 1.15 bits per heavy atom. The van der Waals surface area contributed by atoms with Gasteiger partial charge in [-0.3, -0.25) is 0 Å². The molecule has 2 heteroatoms. The van der Waals surface area contributed by atoms with Gasteiger partial charge >= 0.3 is 0 Å². The maximum absolute atomic E-state index is 6.32. The second-order valence-electron chi connectivity index (χ2n) is 10.5. The number of para-hydroxylation sites is 2. The summed E-state index contributed by atoms with van der Waals surface area (Å²) in [6.07, 6.45) is 0. The third kappa shape index (κ3) is 2.93. The Morgan fingerprint density at radius 3 is 2.08 bits per heavy atom. The van der Waals surface area contributed by atoms with Gasteiger partial charge in [-0.1, -0.05) is 103 Å². The van der Waals surface area contributed by atoms with Crippen LogP contribution in [0.1, 0.15) is 0 Å². The van der Waals surface area contributed by atoms with Crippen LogP contribution in [0.25, 0.3) is 71.3 Å². The van der Waals surface area contributed by atoms with Crippen LogP contribution in [0.4, 0.5) is 0 Å². The van der Waals surface area contributed by atoms with Crippen LogP contribution in [0, 0.1) is 0 Å². The van der Waals surface area contributed by atoms with E-state index in [0.717, 1.165) is 22.7 Å². The fourth-order valence-corrected chi connectivity index (χ4v) is 6.64. The Kier molecular flexibility index (Phi) is 4.36. The van der Waals surface area contributed by atoms with Crippen LogP contribution in [-0.4, -0.2) is 4.57 Å². The molecule has 0 fully saturated rings. The maximum atomic E-state index is 6.32. The van der Waals surface area contributed by atoms with E-state index in [1.807, 2.05) is 12.1 Å². The zero-order chi connectivity index (χ0) is 26.2. The molecule has 2 heterocycles. The third-order valence-electron chi connectivity index (χ3n) is 8.40. The minimum absolute atomic E-state index is 0.915. The van der Waals surface area contributed by atoms with Crippen molar-refractivity contribution >= 4 is 43.4 Å². The van der Waals surface area contributed by atoms with Crippen molar-refractivity contribution in [3.63, 3.8) is 0 Å². The number of nitrogens with zero attached hydrogens (tertiary/aromatic N) is 1. The Hall–Kier alpha value is -5.34. The summed E-state index contributed by atoms with van der Waals surface area (Å²) in [5, 5.41) is 7.53. The van der Waals surface area contributed by atoms with Gasteiger partial charge in [0.15, 0.2) is 0 Å². The average molecular weight is 510 g/mol. The number of benzene rings is 7. The van der Waals surface area contributed by atoms with Crippen molar-refractivity contribution in [3.05, 3.63) is 140 Å². The first-order chi connectivity index (χ1) is 19.8. The van der Waals surface area contributed by atoms with Crippen LogP contribution < -0.4 is 4.74 Å². The molecule has 9 rings (SSSR count). The van der Waals surface area contributed by atoms with E-state index in [2.05, 4.69) is 132 Å². The van der Waals surface area contributed by atoms with E-state index in [1.54, 1.807) is 0 Å². The molecule has 8 aromatic rings. The molecule has 1 aliphatic heterocycles. The molecule has 0 unspecified atom stereocenters. The summed E-state index contributed by atoms with van der Waals surface area (Å²) in [5.41, 5.74) is 8.38. The number of hydrogen-bond donors (Lipinski definition) is 0. The molecule has 0 bridgehead atoms. The van der Waals surface area contributed by atoms with Crippen LogP contribution in [0.2, 0.25) is 0 Å². The Morgan fingerprint density at radius 1 is 0.400 bits per heavy atom. The normalized spacial score (nSPS) is 12.2. The van der Waals surface area contributed by atoms with Crippen molar-refractivity contribution in [2.75, 3.05) is 0 Å². The zero-order valence-electron chi connectivity index (χ0n) is 21.6. The summed E-state index contributed by atoms with van der Waals surface area (Å²) >= 11 is 0. The molecule has 7 aromatic carbocycles. The zero-order valence-corrected chi connectivity index (χ0v) is 21.6. The van der Waals surface area contributed by atoms with Crippen LogP contribution in [-0.2, 0) is 0 Å². The van der Waals surface area contributed by atoms with E-state index < -0.39 is 0 Å². The number of hydrogen-bond acceptors (Lipinski definition) is 1. The van der Waals surface area contributed by atoms with Gasteiger partial charge in [-0.2, -0.15) is 0 Å². The van der Waals surface area contributed by atoms with Crippen molar-refractivity contribution in [2.24, 2.45) is 0 Å². The SMILES string of the molecule is c1ccc2c(c1)Oc1ccc(-c3ccc(-n4c5ccccc5c5c6ccccc6ccc54)cc3)c3cccc-2c13. The second kappa shape index (κ2) is 8.08. The summed E-state index contributed by atoms with van der Waals surface area (Å²) in [6.45, 7) is 0. The van der Waals surface area contributed by atoms with Gasteiger partial charge in [-0.25, -0.2) is 0 Å². The molecular formula is C38H23NO. The summed E-state index contributed by atoms with van der Waals surface area (Å²) < 4.78 is 8.71. The van der Waals surface area contributed by atoms with Gasteiger partial charge < -0.3 is 9.30 Å². The highest BCUT2D eigenvalue weighted by Gasteiger charge is 2.21. The lowest BCUT2D eigenvalue weighted by molar-refractivity contribution is 0.487. The van der Waals surface area contributed by atoms with Gasteiger partial charge in [0.05, 0.1) is 11.0 Å². The van der Waals surface area contributed by atoms with Crippen molar-refractivity contribution in [1.82, 2.24) is 4.57 Å². The second-order valence-corrected chi connectivity index (χ2v) is 10.5. The van der Waals surface area contributed by atoms with Gasteiger partial charge in [0, 0.05) is 27.4 Å². The first-order valence-corrected chi connectivity index (χ1v) is 13.7. The van der Waals surface area contributed by atoms with Crippen LogP contribution in [0.3, 0.4) is 0 Å². The summed E-state index contributed by atoms with van der Waals surface area (Å²) in [6, 6.07) is 50.0. The summed E-state index contributed by atoms with van der Waals surface area (Å²) in [7, 11) is 0. The van der Waals surface area contributed by atoms with Crippen molar-refractivity contribution in [1.29, 1.82) is 0 Å². The lowest BCUT2D eigenvalue weighted by Gasteiger charge is -2.22. The smallest absolute Gasteiger partial charge is 0.135 e. The highest BCUT2D eigenvalue weighted by Crippen LogP contribution is 2.48. The highest BCUT2D eigenvalue weighted by atomic mass is 16.5. The largest absolute Gasteiger partial charge is 0.456 e. The minimum atomic E-state index is 0.915. The summed E-state index contributed by atoms with van der Waals surface area (Å²) in [4.78, 5) is 0. The van der Waals surface area contributed by atoms with Crippen molar-refractivity contribution in [3.8, 4) is 39.4 Å². The highest BCUT2D eigenvalue weighted by molar-refractivity contribution is 6.21. The number of fused-ring (bicyclic) bond motifs is 7. The molecule has 0 spiro atoms. The molecule has 186 valence electrons. The standard InChI is InChI=1S/C38H23NO/c1-2-9-28-24(8-1)18-22-34-37(28)32-11-3-5-14-33(32)39(34)26-19-16-25(17-20-26)27-21-23-36-38-30(27)12-7-13-31(38)29-10-4-6-15-35(29)40-36/h1-23H. The molecular weight excluding hydrogens is 486 g/mol. The molecule has 40 heavy (non-hydrogen) atoms. The number of ether oxygens (including phenoxy) is 1. The first-order valence-electron chi connectivity index (χ1n) is 13.7. The van der Waals surface area contributed by atoms with E-state index >= 15 is 0 Å². The Bertz CT molecular complexity index is 2290. The van der Waals surface area contributed by atoms with Gasteiger partial charge in [-0.15, -0.1) is 0 Å². The third-order valence-corrected chi connectivity index (χ3v) is 8.40. The van der Waals surface area contributed by atoms with Crippen molar-refractivity contribution in [2.45, 2.75) is 0 Å². The van der Waals surface area contributed by atoms with Crippen LogP contribution in [0.5, 0.6) is 11.5 Å². The fraction of sp³-hybridized carbons (Fsp3) is 0. The molecule has 0 N–H and O–H groups in total. The van der Waals surface area contributed by atoms with Crippen LogP contribution in [0.15, 0.2) is 140 Å². The molecule has 2 nitrogen and oxygen atoms in total. The predicted molar refractivity (Wildman–Crippen MR) is 167 cm³/mol. The van der Waals surface area contributed by atoms with E-state index in [1.165, 1.54) is 60.0 Å². The monoisotopic (exact) mass is 509 g/mol. The quantitative estimate of drug-likeness (QED) is 0.226.